The van der Waals surface area contributed by atoms with Gasteiger partial charge < -0.3 is 15.2 Å². The molecule has 2 heterocycles. The van der Waals surface area contributed by atoms with Gasteiger partial charge in [-0.2, -0.15) is 0 Å². The normalized spacial score (nSPS) is 15.7. The number of sulfonamides is 1. The molecule has 3 N–H and O–H groups in total. The molecule has 0 spiro atoms. The number of aromatic nitrogens is 2. The van der Waals surface area contributed by atoms with Crippen molar-refractivity contribution in [1.29, 1.82) is 0 Å². The van der Waals surface area contributed by atoms with Crippen molar-refractivity contribution in [3.8, 4) is 11.3 Å². The monoisotopic (exact) mass is 545 g/mol. The van der Waals surface area contributed by atoms with Crippen LogP contribution in [0.5, 0.6) is 0 Å². The fourth-order valence-electron chi connectivity index (χ4n) is 4.58. The van der Waals surface area contributed by atoms with Crippen LogP contribution >= 0.6 is 0 Å². The van der Waals surface area contributed by atoms with Crippen LogP contribution in [0.25, 0.3) is 11.3 Å². The molecule has 11 heteroatoms. The lowest BCUT2D eigenvalue weighted by Gasteiger charge is -2.29. The van der Waals surface area contributed by atoms with Crippen LogP contribution in [0.3, 0.4) is 0 Å². The minimum atomic E-state index is -3.68. The first-order valence-corrected chi connectivity index (χ1v) is 15.1. The molecular formula is C27H39N5O5S. The number of piperidine rings is 1. The van der Waals surface area contributed by atoms with E-state index in [9.17, 15) is 22.8 Å². The van der Waals surface area contributed by atoms with Crippen LogP contribution < -0.4 is 10.0 Å². The number of nitrogens with one attached hydrogen (secondary N) is 3. The molecule has 1 fully saturated rings. The minimum Gasteiger partial charge on any atom is -0.346 e. The van der Waals surface area contributed by atoms with Crippen molar-refractivity contribution < 1.29 is 22.8 Å². The fourth-order valence-corrected chi connectivity index (χ4v) is 5.03. The van der Waals surface area contributed by atoms with E-state index in [0.717, 1.165) is 51.4 Å². The van der Waals surface area contributed by atoms with Crippen LogP contribution in [-0.4, -0.2) is 67.3 Å². The summed E-state index contributed by atoms with van der Waals surface area (Å²) in [7, 11) is -1.62. The highest BCUT2D eigenvalue weighted by Crippen LogP contribution is 2.25. The number of imidazole rings is 1. The number of ketones is 1. The van der Waals surface area contributed by atoms with E-state index >= 15 is 0 Å². The SMILES string of the molecule is CCC(=O)CCCCC[C@H](NC(=O)C1CCN(C)CC1)c1ncc(-c2cccc(C(=O)NS(C)(=O)=O)c2)[nH]1. The lowest BCUT2D eigenvalue weighted by molar-refractivity contribution is -0.127. The van der Waals surface area contributed by atoms with Crippen LogP contribution in [0.15, 0.2) is 30.5 Å². The average Bonchev–Trinajstić information content (AvgIpc) is 3.37. The Morgan fingerprint density at radius 2 is 1.89 bits per heavy atom. The zero-order chi connectivity index (χ0) is 27.7. The molecule has 0 bridgehead atoms. The highest BCUT2D eigenvalue weighted by Gasteiger charge is 2.27. The highest BCUT2D eigenvalue weighted by molar-refractivity contribution is 7.89. The van der Waals surface area contributed by atoms with Crippen LogP contribution in [-0.2, 0) is 19.6 Å². The van der Waals surface area contributed by atoms with E-state index in [-0.39, 0.29) is 29.2 Å². The summed E-state index contributed by atoms with van der Waals surface area (Å²) in [6, 6.07) is 6.29. The first-order valence-electron chi connectivity index (χ1n) is 13.2. The van der Waals surface area contributed by atoms with Gasteiger partial charge in [-0.25, -0.2) is 18.1 Å². The van der Waals surface area contributed by atoms with Crippen molar-refractivity contribution in [2.24, 2.45) is 5.92 Å². The number of likely N-dealkylation sites (tertiary alicyclic amines) is 1. The van der Waals surface area contributed by atoms with Crippen LogP contribution in [0.1, 0.15) is 80.5 Å². The number of hydrogen-bond donors (Lipinski definition) is 3. The van der Waals surface area contributed by atoms with Gasteiger partial charge >= 0.3 is 0 Å². The Balaban J connectivity index is 1.73. The molecule has 0 aliphatic carbocycles. The molecule has 0 saturated carbocycles. The molecule has 1 atom stereocenters. The highest BCUT2D eigenvalue weighted by atomic mass is 32.2. The number of nitrogens with zero attached hydrogens (tertiary/aromatic N) is 2. The van der Waals surface area contributed by atoms with Gasteiger partial charge in [-0.3, -0.25) is 14.4 Å². The number of H-pyrrole nitrogens is 1. The molecule has 208 valence electrons. The number of hydrogen-bond acceptors (Lipinski definition) is 7. The molecule has 1 aliphatic heterocycles. The maximum atomic E-state index is 13.1. The maximum absolute atomic E-state index is 13.1. The Bertz CT molecular complexity index is 1220. The number of rotatable bonds is 13. The smallest absolute Gasteiger partial charge is 0.264 e. The number of amides is 2. The quantitative estimate of drug-likeness (QED) is 0.328. The summed E-state index contributed by atoms with van der Waals surface area (Å²) in [5, 5.41) is 3.20. The Morgan fingerprint density at radius 1 is 1.16 bits per heavy atom. The van der Waals surface area contributed by atoms with E-state index in [1.54, 1.807) is 24.4 Å². The Morgan fingerprint density at radius 3 is 2.58 bits per heavy atom. The Labute approximate surface area is 225 Å². The molecule has 0 radical (unpaired) electrons. The summed E-state index contributed by atoms with van der Waals surface area (Å²) in [4.78, 5) is 47.1. The molecule has 0 unspecified atom stereocenters. The second kappa shape index (κ2) is 13.7. The standard InChI is InChI=1S/C27H39N5O5S/c1-4-22(33)11-6-5-7-12-23(30-26(34)19-13-15-32(2)16-14-19)25-28-18-24(29-25)20-9-8-10-21(17-20)27(35)31-38(3,36)37/h8-10,17-19,23H,4-7,11-16H2,1-3H3,(H,28,29)(H,30,34)(H,31,35)/t23-/m0/s1. The first-order chi connectivity index (χ1) is 18.1. The van der Waals surface area contributed by atoms with Crippen molar-refractivity contribution >= 4 is 27.6 Å². The van der Waals surface area contributed by atoms with Crippen molar-refractivity contribution in [1.82, 2.24) is 24.9 Å². The van der Waals surface area contributed by atoms with Gasteiger partial charge in [-0.05, 0) is 58.0 Å². The predicted molar refractivity (Wildman–Crippen MR) is 146 cm³/mol. The van der Waals surface area contributed by atoms with Gasteiger partial charge in [-0.1, -0.05) is 31.9 Å². The molecule has 38 heavy (non-hydrogen) atoms. The zero-order valence-corrected chi connectivity index (χ0v) is 23.3. The van der Waals surface area contributed by atoms with Crippen molar-refractivity contribution in [2.45, 2.75) is 64.3 Å². The number of Topliss-reactive ketones (excluding diaryl/α,β-unsaturated/α-hetero) is 1. The summed E-state index contributed by atoms with van der Waals surface area (Å²) in [6.07, 6.45) is 8.59. The maximum Gasteiger partial charge on any atom is 0.264 e. The van der Waals surface area contributed by atoms with Gasteiger partial charge in [0.1, 0.15) is 11.6 Å². The van der Waals surface area contributed by atoms with Crippen LogP contribution in [0, 0.1) is 5.92 Å². The van der Waals surface area contributed by atoms with Gasteiger partial charge in [0.05, 0.1) is 24.2 Å². The van der Waals surface area contributed by atoms with Crippen molar-refractivity contribution in [2.75, 3.05) is 26.4 Å². The largest absolute Gasteiger partial charge is 0.346 e. The lowest BCUT2D eigenvalue weighted by atomic mass is 9.95. The van der Waals surface area contributed by atoms with Crippen molar-refractivity contribution in [3.63, 3.8) is 0 Å². The van der Waals surface area contributed by atoms with Crippen LogP contribution in [0.2, 0.25) is 0 Å². The molecule has 2 amide bonds. The number of carbonyl (C=O) groups is 3. The molecular weight excluding hydrogens is 506 g/mol. The van der Waals surface area contributed by atoms with E-state index in [0.29, 0.717) is 36.3 Å². The predicted octanol–water partition coefficient (Wildman–Crippen LogP) is 3.19. The summed E-state index contributed by atoms with van der Waals surface area (Å²) >= 11 is 0. The Kier molecular flexibility index (Phi) is 10.6. The van der Waals surface area contributed by atoms with Gasteiger partial charge in [0.2, 0.25) is 15.9 Å². The number of aromatic amines is 1. The topological polar surface area (TPSA) is 141 Å². The van der Waals surface area contributed by atoms with E-state index in [1.807, 2.05) is 11.6 Å². The number of benzene rings is 1. The second-order valence-electron chi connectivity index (χ2n) is 10.1. The van der Waals surface area contributed by atoms with E-state index < -0.39 is 15.9 Å². The summed E-state index contributed by atoms with van der Waals surface area (Å²) in [6.45, 7) is 3.66. The number of carbonyl (C=O) groups excluding carboxylic acids is 3. The van der Waals surface area contributed by atoms with Gasteiger partial charge in [-0.15, -0.1) is 0 Å². The summed E-state index contributed by atoms with van der Waals surface area (Å²) in [5.74, 6) is 0.174. The fraction of sp³-hybridized carbons (Fsp3) is 0.556. The molecule has 1 aromatic carbocycles. The van der Waals surface area contributed by atoms with E-state index in [1.165, 1.54) is 6.07 Å². The third kappa shape index (κ3) is 9.05. The average molecular weight is 546 g/mol. The third-order valence-electron chi connectivity index (χ3n) is 6.89. The van der Waals surface area contributed by atoms with Gasteiger partial charge in [0.25, 0.3) is 5.91 Å². The molecule has 10 nitrogen and oxygen atoms in total. The molecule has 1 aromatic heterocycles. The van der Waals surface area contributed by atoms with Gasteiger partial charge in [0, 0.05) is 29.9 Å². The zero-order valence-electron chi connectivity index (χ0n) is 22.5. The first kappa shape index (κ1) is 29.5. The number of unbranched alkanes of at least 4 members (excludes halogenated alkanes) is 2. The Hall–Kier alpha value is -3.05. The lowest BCUT2D eigenvalue weighted by Crippen LogP contribution is -2.40. The molecule has 1 saturated heterocycles. The third-order valence-corrected chi connectivity index (χ3v) is 7.44. The second-order valence-corrected chi connectivity index (χ2v) is 11.8. The van der Waals surface area contributed by atoms with E-state index in [4.69, 9.17) is 0 Å². The van der Waals surface area contributed by atoms with E-state index in [2.05, 4.69) is 27.2 Å². The van der Waals surface area contributed by atoms with Crippen LogP contribution in [0.4, 0.5) is 0 Å². The molecule has 3 rings (SSSR count). The van der Waals surface area contributed by atoms with Gasteiger partial charge in [0.15, 0.2) is 0 Å². The molecule has 2 aromatic rings. The summed E-state index contributed by atoms with van der Waals surface area (Å²) < 4.78 is 24.9. The minimum absolute atomic E-state index is 0.0293. The van der Waals surface area contributed by atoms with Crippen molar-refractivity contribution in [3.05, 3.63) is 41.9 Å². The summed E-state index contributed by atoms with van der Waals surface area (Å²) in [5.41, 5.74) is 1.53. The molecule has 1 aliphatic rings.